The number of ether oxygens (including phenoxy) is 3. The highest BCUT2D eigenvalue weighted by atomic mass is 16.5. The maximum Gasteiger partial charge on any atom is 0.189 e. The number of aliphatic imine (C=N–C) groups is 1. The van der Waals surface area contributed by atoms with Gasteiger partial charge in [0.15, 0.2) is 17.5 Å². The number of hydrogen-bond donors (Lipinski definition) is 2. The van der Waals surface area contributed by atoms with Crippen molar-refractivity contribution in [1.82, 2.24) is 10.2 Å². The summed E-state index contributed by atoms with van der Waals surface area (Å²) in [6.45, 7) is 9.91. The van der Waals surface area contributed by atoms with Crippen LogP contribution in [0, 0.1) is 0 Å². The van der Waals surface area contributed by atoms with Crippen molar-refractivity contribution in [2.45, 2.75) is 32.4 Å². The normalized spacial score (nSPS) is 17.7. The Morgan fingerprint density at radius 1 is 1.23 bits per heavy atom. The lowest BCUT2D eigenvalue weighted by Gasteiger charge is -2.34. The third-order valence-electron chi connectivity index (χ3n) is 4.22. The Bertz CT molecular complexity index is 607. The lowest BCUT2D eigenvalue weighted by molar-refractivity contribution is 0.0179. The summed E-state index contributed by atoms with van der Waals surface area (Å²) in [4.78, 5) is 6.96. The maximum absolute atomic E-state index is 6.07. The quantitative estimate of drug-likeness (QED) is 0.592. The van der Waals surface area contributed by atoms with Gasteiger partial charge in [0.25, 0.3) is 0 Å². The number of morpholine rings is 1. The van der Waals surface area contributed by atoms with E-state index in [0.29, 0.717) is 18.3 Å². The molecule has 0 amide bonds. The fourth-order valence-corrected chi connectivity index (χ4v) is 2.99. The molecule has 1 atom stereocenters. The number of nitrogens with one attached hydrogen (secondary N) is 1. The fraction of sp³-hybridized carbons (Fsp3) is 0.632. The Labute approximate surface area is 156 Å². The zero-order valence-electron chi connectivity index (χ0n) is 16.5. The molecule has 1 aromatic carbocycles. The van der Waals surface area contributed by atoms with Crippen LogP contribution in [0.5, 0.6) is 11.5 Å². The Balaban J connectivity index is 2.25. The van der Waals surface area contributed by atoms with Crippen molar-refractivity contribution in [3.63, 3.8) is 0 Å². The standard InChI is InChI=1S/C19H32N4O3/c1-19(2,3)22-18(20)21-13-15(23-8-10-26-11-9-23)14-6-7-16(24-4)17(12-14)25-5/h6-7,12,15H,8-11,13H2,1-5H3,(H3,20,21,22). The number of nitrogens with two attached hydrogens (primary N) is 1. The van der Waals surface area contributed by atoms with E-state index in [1.165, 1.54) is 0 Å². The van der Waals surface area contributed by atoms with E-state index in [-0.39, 0.29) is 11.6 Å². The van der Waals surface area contributed by atoms with Gasteiger partial charge in [0.1, 0.15) is 0 Å². The van der Waals surface area contributed by atoms with Crippen molar-refractivity contribution in [1.29, 1.82) is 0 Å². The van der Waals surface area contributed by atoms with Gasteiger partial charge in [0, 0.05) is 18.6 Å². The van der Waals surface area contributed by atoms with Crippen molar-refractivity contribution in [3.05, 3.63) is 23.8 Å². The molecule has 1 saturated heterocycles. The Kier molecular flexibility index (Phi) is 7.11. The molecule has 1 unspecified atom stereocenters. The van der Waals surface area contributed by atoms with Crippen LogP contribution in [0.4, 0.5) is 0 Å². The van der Waals surface area contributed by atoms with Gasteiger partial charge in [-0.2, -0.15) is 0 Å². The summed E-state index contributed by atoms with van der Waals surface area (Å²) in [6.07, 6.45) is 0. The first-order chi connectivity index (χ1) is 12.3. The van der Waals surface area contributed by atoms with Gasteiger partial charge in [0.2, 0.25) is 0 Å². The average molecular weight is 364 g/mol. The number of nitrogens with zero attached hydrogens (tertiary/aromatic N) is 2. The molecule has 146 valence electrons. The van der Waals surface area contributed by atoms with Crippen LogP contribution in [0.3, 0.4) is 0 Å². The number of hydrogen-bond acceptors (Lipinski definition) is 5. The third kappa shape index (κ3) is 5.78. The molecule has 1 aliphatic heterocycles. The van der Waals surface area contributed by atoms with Crippen LogP contribution in [0.25, 0.3) is 0 Å². The number of benzene rings is 1. The zero-order valence-corrected chi connectivity index (χ0v) is 16.5. The lowest BCUT2D eigenvalue weighted by atomic mass is 10.0. The molecule has 3 N–H and O–H groups in total. The average Bonchev–Trinajstić information content (AvgIpc) is 2.61. The first-order valence-corrected chi connectivity index (χ1v) is 8.96. The van der Waals surface area contributed by atoms with Crippen molar-refractivity contribution >= 4 is 5.96 Å². The molecule has 1 heterocycles. The molecule has 0 spiro atoms. The number of methoxy groups -OCH3 is 2. The maximum atomic E-state index is 6.07. The molecule has 7 nitrogen and oxygen atoms in total. The van der Waals surface area contributed by atoms with Crippen molar-refractivity contribution in [2.24, 2.45) is 10.7 Å². The number of guanidine groups is 1. The Morgan fingerprint density at radius 3 is 2.46 bits per heavy atom. The number of rotatable bonds is 6. The predicted molar refractivity (Wildman–Crippen MR) is 104 cm³/mol. The second-order valence-electron chi connectivity index (χ2n) is 7.38. The van der Waals surface area contributed by atoms with E-state index in [4.69, 9.17) is 19.9 Å². The summed E-state index contributed by atoms with van der Waals surface area (Å²) in [5.41, 5.74) is 7.07. The van der Waals surface area contributed by atoms with Gasteiger partial charge in [-0.15, -0.1) is 0 Å². The second kappa shape index (κ2) is 9.09. The second-order valence-corrected chi connectivity index (χ2v) is 7.38. The van der Waals surface area contributed by atoms with Crippen LogP contribution in [-0.2, 0) is 4.74 Å². The van der Waals surface area contributed by atoms with Crippen LogP contribution in [0.2, 0.25) is 0 Å². The topological polar surface area (TPSA) is 81.3 Å². The molecule has 1 aromatic rings. The van der Waals surface area contributed by atoms with Crippen molar-refractivity contribution in [3.8, 4) is 11.5 Å². The highest BCUT2D eigenvalue weighted by Gasteiger charge is 2.24. The van der Waals surface area contributed by atoms with Crippen molar-refractivity contribution < 1.29 is 14.2 Å². The van der Waals surface area contributed by atoms with Gasteiger partial charge in [-0.05, 0) is 38.5 Å². The molecule has 1 fully saturated rings. The van der Waals surface area contributed by atoms with Gasteiger partial charge < -0.3 is 25.3 Å². The highest BCUT2D eigenvalue weighted by molar-refractivity contribution is 5.78. The van der Waals surface area contributed by atoms with E-state index in [9.17, 15) is 0 Å². The molecular weight excluding hydrogens is 332 g/mol. The van der Waals surface area contributed by atoms with Crippen LogP contribution in [-0.4, -0.2) is 63.5 Å². The molecule has 0 aromatic heterocycles. The molecule has 0 saturated carbocycles. The van der Waals surface area contributed by atoms with E-state index in [1.54, 1.807) is 14.2 Å². The van der Waals surface area contributed by atoms with E-state index in [1.807, 2.05) is 12.1 Å². The van der Waals surface area contributed by atoms with Gasteiger partial charge in [-0.3, -0.25) is 9.89 Å². The monoisotopic (exact) mass is 364 g/mol. The third-order valence-corrected chi connectivity index (χ3v) is 4.22. The molecule has 0 bridgehead atoms. The summed E-state index contributed by atoms with van der Waals surface area (Å²) in [6, 6.07) is 6.10. The SMILES string of the molecule is COc1ccc(C(CN=C(N)NC(C)(C)C)N2CCOCC2)cc1OC. The highest BCUT2D eigenvalue weighted by Crippen LogP contribution is 2.32. The van der Waals surface area contributed by atoms with Gasteiger partial charge in [0.05, 0.1) is 40.0 Å². The van der Waals surface area contributed by atoms with Gasteiger partial charge >= 0.3 is 0 Å². The molecule has 1 aliphatic rings. The van der Waals surface area contributed by atoms with Crippen LogP contribution in [0.1, 0.15) is 32.4 Å². The summed E-state index contributed by atoms with van der Waals surface area (Å²) in [7, 11) is 3.29. The summed E-state index contributed by atoms with van der Waals surface area (Å²) >= 11 is 0. The molecular formula is C19H32N4O3. The lowest BCUT2D eigenvalue weighted by Crippen LogP contribution is -2.45. The molecule has 0 radical (unpaired) electrons. The smallest absolute Gasteiger partial charge is 0.189 e. The first-order valence-electron chi connectivity index (χ1n) is 8.96. The van der Waals surface area contributed by atoms with Crippen LogP contribution in [0.15, 0.2) is 23.2 Å². The fourth-order valence-electron chi connectivity index (χ4n) is 2.99. The minimum atomic E-state index is -0.120. The minimum absolute atomic E-state index is 0.0963. The minimum Gasteiger partial charge on any atom is -0.493 e. The van der Waals surface area contributed by atoms with Crippen LogP contribution < -0.4 is 20.5 Å². The molecule has 26 heavy (non-hydrogen) atoms. The zero-order chi connectivity index (χ0) is 19.2. The van der Waals surface area contributed by atoms with Crippen LogP contribution >= 0.6 is 0 Å². The Hall–Kier alpha value is -1.99. The van der Waals surface area contributed by atoms with Gasteiger partial charge in [-0.1, -0.05) is 6.07 Å². The molecule has 0 aliphatic carbocycles. The summed E-state index contributed by atoms with van der Waals surface area (Å²) in [5, 5.41) is 3.21. The molecule has 2 rings (SSSR count). The first kappa shape index (κ1) is 20.3. The van der Waals surface area contributed by atoms with E-state index in [2.05, 4.69) is 42.0 Å². The summed E-state index contributed by atoms with van der Waals surface area (Å²) in [5.74, 6) is 1.89. The predicted octanol–water partition coefficient (Wildman–Crippen LogP) is 1.78. The Morgan fingerprint density at radius 2 is 1.88 bits per heavy atom. The van der Waals surface area contributed by atoms with E-state index >= 15 is 0 Å². The van der Waals surface area contributed by atoms with Gasteiger partial charge in [-0.25, -0.2) is 0 Å². The van der Waals surface area contributed by atoms with E-state index in [0.717, 1.165) is 37.6 Å². The van der Waals surface area contributed by atoms with E-state index < -0.39 is 0 Å². The molecule has 7 heteroatoms. The van der Waals surface area contributed by atoms with Crippen molar-refractivity contribution in [2.75, 3.05) is 47.1 Å². The largest absolute Gasteiger partial charge is 0.493 e. The summed E-state index contributed by atoms with van der Waals surface area (Å²) < 4.78 is 16.3.